The van der Waals surface area contributed by atoms with Crippen molar-refractivity contribution in [3.8, 4) is 0 Å². The SMILES string of the molecule is CCCNc1cncc(Sc2nc(C)c(C)o2)n1. The molecule has 2 heterocycles. The van der Waals surface area contributed by atoms with E-state index in [0.717, 1.165) is 35.3 Å². The Hall–Kier alpha value is -1.56. The summed E-state index contributed by atoms with van der Waals surface area (Å²) in [6.45, 7) is 6.82. The van der Waals surface area contributed by atoms with Crippen molar-refractivity contribution in [3.63, 3.8) is 0 Å². The van der Waals surface area contributed by atoms with Crippen LogP contribution in [0.5, 0.6) is 0 Å². The summed E-state index contributed by atoms with van der Waals surface area (Å²) in [6.07, 6.45) is 4.47. The van der Waals surface area contributed by atoms with Gasteiger partial charge in [-0.3, -0.25) is 4.98 Å². The molecule has 0 unspecified atom stereocenters. The van der Waals surface area contributed by atoms with Gasteiger partial charge in [0.15, 0.2) is 0 Å². The van der Waals surface area contributed by atoms with E-state index in [2.05, 4.69) is 27.2 Å². The van der Waals surface area contributed by atoms with Crippen molar-refractivity contribution in [1.82, 2.24) is 15.0 Å². The number of aryl methyl sites for hydroxylation is 2. The number of nitrogens with zero attached hydrogens (tertiary/aromatic N) is 3. The minimum Gasteiger partial charge on any atom is -0.436 e. The van der Waals surface area contributed by atoms with E-state index < -0.39 is 0 Å². The second kappa shape index (κ2) is 5.86. The molecule has 6 heteroatoms. The summed E-state index contributed by atoms with van der Waals surface area (Å²) in [7, 11) is 0. The number of hydrogen-bond acceptors (Lipinski definition) is 6. The van der Waals surface area contributed by atoms with E-state index in [1.807, 2.05) is 13.8 Å². The van der Waals surface area contributed by atoms with Crippen LogP contribution in [0.1, 0.15) is 24.8 Å². The van der Waals surface area contributed by atoms with Crippen LogP contribution in [-0.2, 0) is 0 Å². The number of anilines is 1. The minimum atomic E-state index is 0.604. The highest BCUT2D eigenvalue weighted by molar-refractivity contribution is 7.99. The first kappa shape index (κ1) is 12.9. The molecule has 0 spiro atoms. The topological polar surface area (TPSA) is 63.8 Å². The van der Waals surface area contributed by atoms with Crippen molar-refractivity contribution in [3.05, 3.63) is 23.8 Å². The molecule has 0 aliphatic heterocycles. The summed E-state index contributed by atoms with van der Waals surface area (Å²) in [5.74, 6) is 1.62. The highest BCUT2D eigenvalue weighted by Crippen LogP contribution is 2.26. The third-order valence-electron chi connectivity index (χ3n) is 2.37. The van der Waals surface area contributed by atoms with Gasteiger partial charge in [-0.05, 0) is 32.0 Å². The van der Waals surface area contributed by atoms with E-state index in [-0.39, 0.29) is 0 Å². The third-order valence-corrected chi connectivity index (χ3v) is 3.12. The molecule has 2 aromatic heterocycles. The van der Waals surface area contributed by atoms with E-state index in [1.165, 1.54) is 11.8 Å². The summed E-state index contributed by atoms with van der Waals surface area (Å²) in [5, 5.41) is 4.58. The van der Waals surface area contributed by atoms with Crippen LogP contribution in [0.3, 0.4) is 0 Å². The fraction of sp³-hybridized carbons (Fsp3) is 0.417. The summed E-state index contributed by atoms with van der Waals surface area (Å²) in [4.78, 5) is 12.9. The lowest BCUT2D eigenvalue weighted by atomic mass is 10.4. The summed E-state index contributed by atoms with van der Waals surface area (Å²) in [6, 6.07) is 0. The molecule has 18 heavy (non-hydrogen) atoms. The second-order valence-corrected chi connectivity index (χ2v) is 4.86. The normalized spacial score (nSPS) is 10.6. The molecule has 2 aromatic rings. The molecule has 0 saturated heterocycles. The van der Waals surface area contributed by atoms with Gasteiger partial charge in [-0.15, -0.1) is 0 Å². The van der Waals surface area contributed by atoms with Crippen LogP contribution in [-0.4, -0.2) is 21.5 Å². The zero-order valence-corrected chi connectivity index (χ0v) is 11.5. The van der Waals surface area contributed by atoms with E-state index in [1.54, 1.807) is 12.4 Å². The van der Waals surface area contributed by atoms with E-state index >= 15 is 0 Å². The molecule has 0 atom stereocenters. The molecule has 0 radical (unpaired) electrons. The van der Waals surface area contributed by atoms with E-state index in [4.69, 9.17) is 4.42 Å². The molecule has 0 saturated carbocycles. The fourth-order valence-electron chi connectivity index (χ4n) is 1.31. The lowest BCUT2D eigenvalue weighted by Gasteiger charge is -2.03. The van der Waals surface area contributed by atoms with Gasteiger partial charge in [0.2, 0.25) is 0 Å². The maximum atomic E-state index is 5.50. The highest BCUT2D eigenvalue weighted by Gasteiger charge is 2.09. The predicted molar refractivity (Wildman–Crippen MR) is 70.9 cm³/mol. The number of hydrogen-bond donors (Lipinski definition) is 1. The molecule has 0 aromatic carbocycles. The highest BCUT2D eigenvalue weighted by atomic mass is 32.2. The zero-order chi connectivity index (χ0) is 13.0. The van der Waals surface area contributed by atoms with Gasteiger partial charge in [-0.25, -0.2) is 9.97 Å². The van der Waals surface area contributed by atoms with Crippen LogP contribution in [0.4, 0.5) is 5.82 Å². The van der Waals surface area contributed by atoms with Crippen LogP contribution in [0.2, 0.25) is 0 Å². The first-order valence-electron chi connectivity index (χ1n) is 5.87. The van der Waals surface area contributed by atoms with Crippen LogP contribution < -0.4 is 5.32 Å². The van der Waals surface area contributed by atoms with Crippen molar-refractivity contribution in [2.24, 2.45) is 0 Å². The van der Waals surface area contributed by atoms with Gasteiger partial charge in [-0.1, -0.05) is 6.92 Å². The second-order valence-electron chi connectivity index (χ2n) is 3.89. The smallest absolute Gasteiger partial charge is 0.262 e. The monoisotopic (exact) mass is 264 g/mol. The van der Waals surface area contributed by atoms with Gasteiger partial charge in [0.05, 0.1) is 18.1 Å². The van der Waals surface area contributed by atoms with Crippen LogP contribution in [0, 0.1) is 13.8 Å². The molecular weight excluding hydrogens is 248 g/mol. The lowest BCUT2D eigenvalue weighted by Crippen LogP contribution is -2.02. The molecule has 0 fully saturated rings. The Bertz CT molecular complexity index is 507. The molecular formula is C12H16N4OS. The van der Waals surface area contributed by atoms with Gasteiger partial charge < -0.3 is 9.73 Å². The molecule has 0 aliphatic rings. The maximum absolute atomic E-state index is 5.50. The zero-order valence-electron chi connectivity index (χ0n) is 10.7. The molecule has 96 valence electrons. The van der Waals surface area contributed by atoms with Gasteiger partial charge in [0.25, 0.3) is 5.22 Å². The Balaban J connectivity index is 2.09. The van der Waals surface area contributed by atoms with E-state index in [9.17, 15) is 0 Å². The maximum Gasteiger partial charge on any atom is 0.262 e. The Kier molecular flexibility index (Phi) is 4.19. The standard InChI is InChI=1S/C12H16N4OS/c1-4-5-14-10-6-13-7-11(16-10)18-12-15-8(2)9(3)17-12/h6-7H,4-5H2,1-3H3,(H,14,16). The minimum absolute atomic E-state index is 0.604. The fourth-order valence-corrected chi connectivity index (χ4v) is 2.10. The van der Waals surface area contributed by atoms with Gasteiger partial charge in [-0.2, -0.15) is 0 Å². The molecule has 0 amide bonds. The number of oxazole rings is 1. The van der Waals surface area contributed by atoms with Crippen molar-refractivity contribution in [2.45, 2.75) is 37.4 Å². The summed E-state index contributed by atoms with van der Waals surface area (Å²) < 4.78 is 5.50. The number of nitrogens with one attached hydrogen (secondary N) is 1. The van der Waals surface area contributed by atoms with Crippen molar-refractivity contribution < 1.29 is 4.42 Å². The quantitative estimate of drug-likeness (QED) is 0.895. The van der Waals surface area contributed by atoms with Crippen LogP contribution >= 0.6 is 11.8 Å². The first-order chi connectivity index (χ1) is 8.69. The van der Waals surface area contributed by atoms with Crippen LogP contribution in [0.15, 0.2) is 27.1 Å². The molecule has 0 bridgehead atoms. The Labute approximate surface area is 110 Å². The average Bonchev–Trinajstić information content (AvgIpc) is 2.66. The number of rotatable bonds is 5. The lowest BCUT2D eigenvalue weighted by molar-refractivity contribution is 0.431. The van der Waals surface area contributed by atoms with Crippen molar-refractivity contribution in [2.75, 3.05) is 11.9 Å². The largest absolute Gasteiger partial charge is 0.436 e. The summed E-state index contributed by atoms with van der Waals surface area (Å²) >= 11 is 1.38. The average molecular weight is 264 g/mol. The van der Waals surface area contributed by atoms with Gasteiger partial charge in [0.1, 0.15) is 16.6 Å². The van der Waals surface area contributed by atoms with Crippen molar-refractivity contribution in [1.29, 1.82) is 0 Å². The first-order valence-corrected chi connectivity index (χ1v) is 6.68. The van der Waals surface area contributed by atoms with Gasteiger partial charge in [0, 0.05) is 6.54 Å². The molecule has 1 N–H and O–H groups in total. The molecule has 0 aliphatic carbocycles. The Morgan fingerprint density at radius 2 is 2.11 bits per heavy atom. The van der Waals surface area contributed by atoms with Crippen molar-refractivity contribution >= 4 is 17.6 Å². The Morgan fingerprint density at radius 1 is 1.28 bits per heavy atom. The Morgan fingerprint density at radius 3 is 2.78 bits per heavy atom. The number of aromatic nitrogens is 3. The molecule has 2 rings (SSSR count). The third kappa shape index (κ3) is 3.22. The van der Waals surface area contributed by atoms with Gasteiger partial charge >= 0.3 is 0 Å². The van der Waals surface area contributed by atoms with E-state index in [0.29, 0.717) is 5.22 Å². The van der Waals surface area contributed by atoms with Crippen LogP contribution in [0.25, 0.3) is 0 Å². The summed E-state index contributed by atoms with van der Waals surface area (Å²) in [5.41, 5.74) is 0.908. The predicted octanol–water partition coefficient (Wildman–Crippen LogP) is 3.05. The molecule has 5 nitrogen and oxygen atoms in total.